The van der Waals surface area contributed by atoms with Gasteiger partial charge in [-0.25, -0.2) is 0 Å². The fraction of sp³-hybridized carbons (Fsp3) is 0.579. The van der Waals surface area contributed by atoms with Crippen molar-refractivity contribution in [1.29, 1.82) is 0 Å². The maximum absolute atomic E-state index is 12.9. The van der Waals surface area contributed by atoms with Gasteiger partial charge in [-0.15, -0.1) is 0 Å². The molecule has 2 heterocycles. The second-order valence-corrected chi connectivity index (χ2v) is 7.51. The number of hydrogen-bond donors (Lipinski definition) is 1. The predicted octanol–water partition coefficient (Wildman–Crippen LogP) is 2.83. The number of amides is 1. The summed E-state index contributed by atoms with van der Waals surface area (Å²) in [5.74, 6) is -1.95. The van der Waals surface area contributed by atoms with E-state index in [4.69, 9.17) is 4.74 Å². The third-order valence-corrected chi connectivity index (χ3v) is 5.66. The van der Waals surface area contributed by atoms with E-state index in [0.29, 0.717) is 31.7 Å². The first-order valence-corrected chi connectivity index (χ1v) is 8.89. The summed E-state index contributed by atoms with van der Waals surface area (Å²) in [6.45, 7) is 2.75. The van der Waals surface area contributed by atoms with E-state index in [9.17, 15) is 27.9 Å². The molecule has 0 bridgehead atoms. The number of nitrogens with zero attached hydrogens (tertiary/aromatic N) is 1. The Labute approximate surface area is 155 Å². The number of alkyl halides is 3. The van der Waals surface area contributed by atoms with Gasteiger partial charge >= 0.3 is 12.1 Å². The van der Waals surface area contributed by atoms with Crippen LogP contribution in [-0.4, -0.2) is 48.2 Å². The molecule has 3 atom stereocenters. The van der Waals surface area contributed by atoms with Crippen molar-refractivity contribution in [2.45, 2.75) is 25.9 Å². The fourth-order valence-electron chi connectivity index (χ4n) is 4.09. The molecule has 2 saturated heterocycles. The molecule has 1 aromatic rings. The van der Waals surface area contributed by atoms with Gasteiger partial charge in [-0.05, 0) is 24.5 Å². The molecule has 0 saturated carbocycles. The summed E-state index contributed by atoms with van der Waals surface area (Å²) in [4.78, 5) is 26.2. The first-order valence-electron chi connectivity index (χ1n) is 8.89. The van der Waals surface area contributed by atoms with Crippen LogP contribution in [0.25, 0.3) is 0 Å². The smallest absolute Gasteiger partial charge is 0.416 e. The van der Waals surface area contributed by atoms with Crippen molar-refractivity contribution in [3.8, 4) is 0 Å². The Morgan fingerprint density at radius 1 is 1.41 bits per heavy atom. The molecule has 1 N–H and O–H groups in total. The molecule has 0 radical (unpaired) electrons. The predicted molar refractivity (Wildman–Crippen MR) is 89.9 cm³/mol. The van der Waals surface area contributed by atoms with Gasteiger partial charge in [0.1, 0.15) is 0 Å². The summed E-state index contributed by atoms with van der Waals surface area (Å²) in [5.41, 5.74) is -1.29. The largest absolute Gasteiger partial charge is 0.481 e. The second kappa shape index (κ2) is 7.14. The molecule has 27 heavy (non-hydrogen) atoms. The molecule has 148 valence electrons. The highest BCUT2D eigenvalue weighted by Crippen LogP contribution is 2.43. The summed E-state index contributed by atoms with van der Waals surface area (Å²) in [5, 5.41) is 9.68. The minimum Gasteiger partial charge on any atom is -0.481 e. The maximum Gasteiger partial charge on any atom is 0.416 e. The Bertz CT molecular complexity index is 736. The molecular weight excluding hydrogens is 363 g/mol. The molecule has 0 aliphatic carbocycles. The summed E-state index contributed by atoms with van der Waals surface area (Å²) < 4.78 is 43.9. The monoisotopic (exact) mass is 385 g/mol. The van der Waals surface area contributed by atoms with Crippen LogP contribution in [0, 0.1) is 17.3 Å². The van der Waals surface area contributed by atoms with Gasteiger partial charge in [-0.3, -0.25) is 9.59 Å². The maximum atomic E-state index is 12.9. The van der Waals surface area contributed by atoms with Gasteiger partial charge < -0.3 is 14.7 Å². The van der Waals surface area contributed by atoms with Crippen LogP contribution in [0.4, 0.5) is 13.2 Å². The van der Waals surface area contributed by atoms with Crippen LogP contribution in [0.3, 0.4) is 0 Å². The number of hydrogen-bond acceptors (Lipinski definition) is 3. The lowest BCUT2D eigenvalue weighted by molar-refractivity contribution is -0.157. The highest BCUT2D eigenvalue weighted by atomic mass is 19.4. The highest BCUT2D eigenvalue weighted by Gasteiger charge is 2.55. The zero-order valence-electron chi connectivity index (χ0n) is 15.0. The average molecular weight is 385 g/mol. The lowest BCUT2D eigenvalue weighted by Gasteiger charge is -2.33. The van der Waals surface area contributed by atoms with Gasteiger partial charge in [-0.2, -0.15) is 13.2 Å². The van der Waals surface area contributed by atoms with E-state index in [0.717, 1.165) is 12.1 Å². The molecule has 2 aliphatic rings. The third kappa shape index (κ3) is 3.81. The summed E-state index contributed by atoms with van der Waals surface area (Å²) in [7, 11) is 0. The number of carboxylic acids is 1. The topological polar surface area (TPSA) is 66.8 Å². The molecule has 0 spiro atoms. The van der Waals surface area contributed by atoms with E-state index >= 15 is 0 Å². The minimum atomic E-state index is -4.43. The lowest BCUT2D eigenvalue weighted by atomic mass is 9.74. The van der Waals surface area contributed by atoms with Gasteiger partial charge in [0.25, 0.3) is 0 Å². The van der Waals surface area contributed by atoms with Crippen molar-refractivity contribution in [3.63, 3.8) is 0 Å². The SMILES string of the molecule is CC(Cc1cccc(C(F)(F)F)c1)C(=O)N1C[C@H]2COCC[C@@]2(C(=O)O)C1. The first-order chi connectivity index (χ1) is 12.6. The van der Waals surface area contributed by atoms with Crippen LogP contribution in [-0.2, 0) is 26.9 Å². The van der Waals surface area contributed by atoms with E-state index < -0.39 is 29.0 Å². The second-order valence-electron chi connectivity index (χ2n) is 7.51. The Morgan fingerprint density at radius 3 is 2.78 bits per heavy atom. The van der Waals surface area contributed by atoms with Gasteiger partial charge in [-0.1, -0.05) is 25.1 Å². The molecule has 1 aromatic carbocycles. The Hall–Kier alpha value is -2.09. The van der Waals surface area contributed by atoms with Crippen molar-refractivity contribution in [1.82, 2.24) is 4.90 Å². The van der Waals surface area contributed by atoms with Gasteiger partial charge in [0.2, 0.25) is 5.91 Å². The zero-order valence-corrected chi connectivity index (χ0v) is 15.0. The van der Waals surface area contributed by atoms with Gasteiger partial charge in [0, 0.05) is 31.5 Å². The van der Waals surface area contributed by atoms with E-state index in [1.807, 2.05) is 0 Å². The Kier molecular flexibility index (Phi) is 5.20. The first kappa shape index (κ1) is 19.7. The number of halogens is 3. The normalized spacial score (nSPS) is 26.5. The molecule has 3 rings (SSSR count). The van der Waals surface area contributed by atoms with Crippen molar-refractivity contribution in [2.75, 3.05) is 26.3 Å². The van der Waals surface area contributed by atoms with E-state index in [2.05, 4.69) is 0 Å². The van der Waals surface area contributed by atoms with Crippen LogP contribution >= 0.6 is 0 Å². The lowest BCUT2D eigenvalue weighted by Crippen LogP contribution is -2.45. The van der Waals surface area contributed by atoms with Gasteiger partial charge in [0.05, 0.1) is 17.6 Å². The number of carbonyl (C=O) groups excluding carboxylic acids is 1. The number of ether oxygens (including phenoxy) is 1. The van der Waals surface area contributed by atoms with Crippen LogP contribution in [0.5, 0.6) is 0 Å². The van der Waals surface area contributed by atoms with Gasteiger partial charge in [0.15, 0.2) is 0 Å². The average Bonchev–Trinajstić information content (AvgIpc) is 3.01. The van der Waals surface area contributed by atoms with Crippen LogP contribution in [0.1, 0.15) is 24.5 Å². The summed E-state index contributed by atoms with van der Waals surface area (Å²) in [6.07, 6.45) is -3.90. The molecule has 2 aliphatic heterocycles. The van der Waals surface area contributed by atoms with E-state index in [1.165, 1.54) is 11.0 Å². The van der Waals surface area contributed by atoms with Crippen LogP contribution < -0.4 is 0 Å². The van der Waals surface area contributed by atoms with Crippen molar-refractivity contribution >= 4 is 11.9 Å². The quantitative estimate of drug-likeness (QED) is 0.866. The number of carbonyl (C=O) groups is 2. The molecule has 5 nitrogen and oxygen atoms in total. The fourth-order valence-corrected chi connectivity index (χ4v) is 4.09. The molecule has 1 amide bonds. The van der Waals surface area contributed by atoms with Crippen molar-refractivity contribution < 1.29 is 32.6 Å². The molecular formula is C19H22F3NO4. The number of benzene rings is 1. The Balaban J connectivity index is 1.70. The van der Waals surface area contributed by atoms with E-state index in [-0.39, 0.29) is 24.8 Å². The number of likely N-dealkylation sites (tertiary alicyclic amines) is 1. The number of fused-ring (bicyclic) bond motifs is 1. The molecule has 8 heteroatoms. The summed E-state index contributed by atoms with van der Waals surface area (Å²) in [6, 6.07) is 4.95. The number of aliphatic carboxylic acids is 1. The number of rotatable bonds is 4. The minimum absolute atomic E-state index is 0.127. The zero-order chi connectivity index (χ0) is 19.8. The number of carboxylic acid groups (broad SMARTS) is 1. The van der Waals surface area contributed by atoms with E-state index in [1.54, 1.807) is 13.0 Å². The third-order valence-electron chi connectivity index (χ3n) is 5.66. The standard InChI is InChI=1S/C19H22F3NO4/c1-12(7-13-3-2-4-14(8-13)19(20,21)22)16(24)23-9-15-10-27-6-5-18(15,11-23)17(25)26/h2-4,8,12,15H,5-7,9-11H2,1H3,(H,25,26)/t12?,15-,18+/m0/s1. The highest BCUT2D eigenvalue weighted by molar-refractivity contribution is 5.82. The van der Waals surface area contributed by atoms with Crippen LogP contribution in [0.15, 0.2) is 24.3 Å². The molecule has 2 fully saturated rings. The Morgan fingerprint density at radius 2 is 2.15 bits per heavy atom. The molecule has 0 aromatic heterocycles. The molecule has 1 unspecified atom stereocenters. The van der Waals surface area contributed by atoms with Crippen molar-refractivity contribution in [2.24, 2.45) is 17.3 Å². The summed E-state index contributed by atoms with van der Waals surface area (Å²) >= 11 is 0. The van der Waals surface area contributed by atoms with Crippen molar-refractivity contribution in [3.05, 3.63) is 35.4 Å². The van der Waals surface area contributed by atoms with Crippen LogP contribution in [0.2, 0.25) is 0 Å².